The molecule has 2 aromatic rings. The van der Waals surface area contributed by atoms with Gasteiger partial charge in [-0.25, -0.2) is 4.99 Å². The smallest absolute Gasteiger partial charge is 0.239 e. The number of ether oxygens (including phenoxy) is 1. The molecule has 1 N–H and O–H groups in total. The van der Waals surface area contributed by atoms with Gasteiger partial charge in [-0.1, -0.05) is 60.6 Å². The Morgan fingerprint density at radius 2 is 2.00 bits per heavy atom. The first kappa shape index (κ1) is 24.9. The number of amidine groups is 1. The number of rotatable bonds is 8. The molecule has 0 spiro atoms. The minimum atomic E-state index is -0.419. The molecule has 2 aliphatic rings. The number of aryl methyl sites for hydroxylation is 1. The molecule has 0 radical (unpaired) electrons. The van der Waals surface area contributed by atoms with Crippen molar-refractivity contribution in [1.82, 2.24) is 4.90 Å². The summed E-state index contributed by atoms with van der Waals surface area (Å²) in [5, 5.41) is 5.77. The number of nitrogens with zero attached hydrogens (tertiary/aromatic N) is 2. The van der Waals surface area contributed by atoms with Gasteiger partial charge in [0.15, 0.2) is 5.17 Å². The Kier molecular flexibility index (Phi) is 8.37. The van der Waals surface area contributed by atoms with Crippen molar-refractivity contribution in [2.24, 2.45) is 10.9 Å². The largest absolute Gasteiger partial charge is 0.383 e. The van der Waals surface area contributed by atoms with Gasteiger partial charge < -0.3 is 10.1 Å². The van der Waals surface area contributed by atoms with E-state index in [2.05, 4.69) is 12.2 Å². The van der Waals surface area contributed by atoms with Gasteiger partial charge >= 0.3 is 0 Å². The maximum Gasteiger partial charge on any atom is 0.239 e. The predicted molar refractivity (Wildman–Crippen MR) is 142 cm³/mol. The number of benzene rings is 2. The van der Waals surface area contributed by atoms with Gasteiger partial charge in [-0.3, -0.25) is 14.5 Å². The van der Waals surface area contributed by atoms with Crippen LogP contribution in [0.3, 0.4) is 0 Å². The van der Waals surface area contributed by atoms with E-state index in [1.165, 1.54) is 29.1 Å². The second-order valence-electron chi connectivity index (χ2n) is 7.84. The zero-order valence-corrected chi connectivity index (χ0v) is 21.4. The third-order valence-electron chi connectivity index (χ3n) is 5.64. The zero-order chi connectivity index (χ0) is 24.1. The Hall–Kier alpha value is -2.26. The molecule has 2 atom stereocenters. The number of carbonyl (C=O) groups excluding carboxylic acids is 2. The standard InChI is InChI=1S/C25H26ClN3O3S2/c1-3-16-8-10-17(11-9-16)27-21(30)15-34-25-28-23-22(24(31)29(25)12-13-32-2)19(14-33-23)18-6-4-5-7-20(18)26/h4-11,14,22-23H,3,12-13,15H2,1-2H3,(H,27,30). The highest BCUT2D eigenvalue weighted by atomic mass is 35.5. The van der Waals surface area contributed by atoms with Crippen molar-refractivity contribution < 1.29 is 14.3 Å². The SMILES string of the molecule is CCc1ccc(NC(=O)CSC2=NC3SC=C(c4ccccc4Cl)C3C(=O)N2CCOC)cc1. The van der Waals surface area contributed by atoms with Gasteiger partial charge in [-0.15, -0.1) is 11.8 Å². The average molecular weight is 516 g/mol. The average Bonchev–Trinajstić information content (AvgIpc) is 3.27. The fraction of sp³-hybridized carbons (Fsp3) is 0.320. The Labute approximate surface area is 213 Å². The number of hydrogen-bond donors (Lipinski definition) is 1. The third kappa shape index (κ3) is 5.51. The first-order valence-electron chi connectivity index (χ1n) is 11.0. The molecule has 0 saturated heterocycles. The van der Waals surface area contributed by atoms with E-state index < -0.39 is 5.92 Å². The number of hydrogen-bond acceptors (Lipinski definition) is 6. The lowest BCUT2D eigenvalue weighted by atomic mass is 9.92. The van der Waals surface area contributed by atoms with Crippen LogP contribution < -0.4 is 5.32 Å². The summed E-state index contributed by atoms with van der Waals surface area (Å²) in [7, 11) is 1.60. The number of methoxy groups -OCH3 is 1. The lowest BCUT2D eigenvalue weighted by Crippen LogP contribution is -2.48. The number of nitrogens with one attached hydrogen (secondary N) is 1. The molecule has 0 saturated carbocycles. The maximum atomic E-state index is 13.6. The van der Waals surface area contributed by atoms with Crippen molar-refractivity contribution >= 4 is 63.4 Å². The van der Waals surface area contributed by atoms with E-state index in [9.17, 15) is 9.59 Å². The van der Waals surface area contributed by atoms with E-state index in [-0.39, 0.29) is 22.9 Å². The summed E-state index contributed by atoms with van der Waals surface area (Å²) in [6.07, 6.45) is 0.947. The lowest BCUT2D eigenvalue weighted by Gasteiger charge is -2.34. The molecule has 2 unspecified atom stereocenters. The van der Waals surface area contributed by atoms with Gasteiger partial charge in [0.25, 0.3) is 0 Å². The van der Waals surface area contributed by atoms with Crippen molar-refractivity contribution in [3.8, 4) is 0 Å². The number of aliphatic imine (C=N–C) groups is 1. The zero-order valence-electron chi connectivity index (χ0n) is 19.0. The van der Waals surface area contributed by atoms with Crippen molar-refractivity contribution in [1.29, 1.82) is 0 Å². The predicted octanol–water partition coefficient (Wildman–Crippen LogP) is 5.15. The highest BCUT2D eigenvalue weighted by Gasteiger charge is 2.44. The molecular weight excluding hydrogens is 490 g/mol. The van der Waals surface area contributed by atoms with Crippen LogP contribution in [-0.2, 0) is 20.7 Å². The summed E-state index contributed by atoms with van der Waals surface area (Å²) in [5.41, 5.74) is 3.70. The first-order valence-corrected chi connectivity index (χ1v) is 13.3. The number of thioether (sulfide) groups is 2. The van der Waals surface area contributed by atoms with Crippen LogP contribution in [-0.4, -0.2) is 53.3 Å². The molecule has 0 aromatic heterocycles. The topological polar surface area (TPSA) is 71.0 Å². The quantitative estimate of drug-likeness (QED) is 0.526. The molecule has 0 aliphatic carbocycles. The molecule has 9 heteroatoms. The van der Waals surface area contributed by atoms with Crippen LogP contribution in [0, 0.1) is 5.92 Å². The fourth-order valence-corrected chi connectivity index (χ4v) is 6.14. The van der Waals surface area contributed by atoms with Crippen molar-refractivity contribution in [3.63, 3.8) is 0 Å². The number of carbonyl (C=O) groups is 2. The molecule has 4 rings (SSSR count). The molecule has 2 heterocycles. The molecule has 2 amide bonds. The lowest BCUT2D eigenvalue weighted by molar-refractivity contribution is -0.130. The summed E-state index contributed by atoms with van der Waals surface area (Å²) in [6.45, 7) is 2.83. The van der Waals surface area contributed by atoms with Crippen LogP contribution in [0.5, 0.6) is 0 Å². The Balaban J connectivity index is 1.48. The Morgan fingerprint density at radius 3 is 2.71 bits per heavy atom. The fourth-order valence-electron chi connectivity index (χ4n) is 3.83. The van der Waals surface area contributed by atoms with E-state index in [1.54, 1.807) is 12.0 Å². The van der Waals surface area contributed by atoms with E-state index in [1.807, 2.05) is 53.9 Å². The number of fused-ring (bicyclic) bond motifs is 1. The van der Waals surface area contributed by atoms with Crippen LogP contribution >= 0.6 is 35.1 Å². The monoisotopic (exact) mass is 515 g/mol. The van der Waals surface area contributed by atoms with Crippen molar-refractivity contribution in [2.75, 3.05) is 31.3 Å². The number of anilines is 1. The van der Waals surface area contributed by atoms with E-state index in [4.69, 9.17) is 21.3 Å². The second kappa shape index (κ2) is 11.4. The van der Waals surface area contributed by atoms with E-state index in [0.717, 1.165) is 23.2 Å². The molecular formula is C25H26ClN3O3S2. The Morgan fingerprint density at radius 1 is 1.24 bits per heavy atom. The highest BCUT2D eigenvalue weighted by Crippen LogP contribution is 2.47. The Bertz CT molecular complexity index is 1120. The third-order valence-corrected chi connectivity index (χ3v) is 8.00. The van der Waals surface area contributed by atoms with Crippen LogP contribution in [0.15, 0.2) is 58.9 Å². The van der Waals surface area contributed by atoms with Crippen LogP contribution in [0.1, 0.15) is 18.1 Å². The molecule has 34 heavy (non-hydrogen) atoms. The summed E-state index contributed by atoms with van der Waals surface area (Å²) in [6, 6.07) is 15.3. The van der Waals surface area contributed by atoms with Gasteiger partial charge in [0, 0.05) is 17.8 Å². The summed E-state index contributed by atoms with van der Waals surface area (Å²) in [4.78, 5) is 32.6. The minimum Gasteiger partial charge on any atom is -0.383 e. The molecule has 2 aromatic carbocycles. The molecule has 0 bridgehead atoms. The number of halogens is 1. The highest BCUT2D eigenvalue weighted by molar-refractivity contribution is 8.14. The minimum absolute atomic E-state index is 0.0497. The summed E-state index contributed by atoms with van der Waals surface area (Å²) >= 11 is 9.20. The summed E-state index contributed by atoms with van der Waals surface area (Å²) < 4.78 is 5.23. The van der Waals surface area contributed by atoms with Crippen molar-refractivity contribution in [2.45, 2.75) is 18.7 Å². The second-order valence-corrected chi connectivity index (χ2v) is 10.2. The molecule has 178 valence electrons. The van der Waals surface area contributed by atoms with E-state index >= 15 is 0 Å². The maximum absolute atomic E-state index is 13.6. The van der Waals surface area contributed by atoms with Gasteiger partial charge in [0.05, 0.1) is 24.8 Å². The van der Waals surface area contributed by atoms with E-state index in [0.29, 0.717) is 23.3 Å². The first-order chi connectivity index (χ1) is 16.5. The summed E-state index contributed by atoms with van der Waals surface area (Å²) in [5.74, 6) is -0.465. The van der Waals surface area contributed by atoms with Gasteiger partial charge in [0.2, 0.25) is 11.8 Å². The van der Waals surface area contributed by atoms with Crippen molar-refractivity contribution in [3.05, 3.63) is 70.1 Å². The van der Waals surface area contributed by atoms with Gasteiger partial charge in [-0.05, 0) is 46.7 Å². The van der Waals surface area contributed by atoms with Crippen LogP contribution in [0.4, 0.5) is 5.69 Å². The number of amides is 2. The molecule has 2 aliphatic heterocycles. The van der Waals surface area contributed by atoms with Gasteiger partial charge in [0.1, 0.15) is 5.37 Å². The van der Waals surface area contributed by atoms with Crippen LogP contribution in [0.25, 0.3) is 5.57 Å². The van der Waals surface area contributed by atoms with Gasteiger partial charge in [-0.2, -0.15) is 0 Å². The molecule has 6 nitrogen and oxygen atoms in total. The normalized spacial score (nSPS) is 19.5. The van der Waals surface area contributed by atoms with Crippen LogP contribution in [0.2, 0.25) is 5.02 Å². The molecule has 0 fully saturated rings.